The second-order valence-electron chi connectivity index (χ2n) is 5.32. The molecule has 1 heterocycles. The molecule has 0 saturated heterocycles. The molecule has 0 aliphatic carbocycles. The molecule has 0 radical (unpaired) electrons. The molecule has 0 N–H and O–H groups in total. The Hall–Kier alpha value is -2.86. The summed E-state index contributed by atoms with van der Waals surface area (Å²) in [5.41, 5.74) is 2.19. The summed E-state index contributed by atoms with van der Waals surface area (Å²) >= 11 is 3.37. The number of benzene rings is 2. The van der Waals surface area contributed by atoms with E-state index in [1.54, 1.807) is 0 Å². The molecule has 0 fully saturated rings. The van der Waals surface area contributed by atoms with Crippen molar-refractivity contribution in [2.75, 3.05) is 7.11 Å². The predicted octanol–water partition coefficient (Wildman–Crippen LogP) is 4.79. The van der Waals surface area contributed by atoms with E-state index < -0.39 is 0 Å². The highest BCUT2D eigenvalue weighted by molar-refractivity contribution is 9.10. The third kappa shape index (κ3) is 7.50. The lowest BCUT2D eigenvalue weighted by molar-refractivity contribution is -0.126. The average molecular weight is 430 g/mol. The molecule has 1 aromatic heterocycles. The highest BCUT2D eigenvalue weighted by Crippen LogP contribution is 2.28. The Kier molecular flexibility index (Phi) is 8.86. The fraction of sp³-hybridized carbons (Fsp3) is 0.143. The van der Waals surface area contributed by atoms with Crippen molar-refractivity contribution < 1.29 is 19.0 Å². The van der Waals surface area contributed by atoms with E-state index in [9.17, 15) is 0 Å². The molecule has 3 aromatic rings. The topological polar surface area (TPSA) is 57.6 Å². The van der Waals surface area contributed by atoms with Gasteiger partial charge in [-0.15, -0.1) is 0 Å². The number of hydrogen-bond acceptors (Lipinski definition) is 5. The maximum absolute atomic E-state index is 8.95. The smallest absolute Gasteiger partial charge is 0.292 e. The first-order chi connectivity index (χ1) is 13.2. The highest BCUT2D eigenvalue weighted by atomic mass is 79.9. The number of carbonyl (C=O) groups excluding carboxylic acids is 1. The monoisotopic (exact) mass is 429 g/mol. The van der Waals surface area contributed by atoms with Crippen molar-refractivity contribution in [1.82, 2.24) is 4.98 Å². The van der Waals surface area contributed by atoms with Gasteiger partial charge in [-0.05, 0) is 39.2 Å². The minimum atomic E-state index is 0.375. The molecule has 0 aliphatic rings. The SMILES string of the molecule is Brc1ccc(OCc2ccccc2)c(OCc2ccccc2)n1.COC=O. The molecule has 5 nitrogen and oxygen atoms in total. The quantitative estimate of drug-likeness (QED) is 0.399. The van der Waals surface area contributed by atoms with Crippen molar-refractivity contribution in [2.24, 2.45) is 0 Å². The molecule has 27 heavy (non-hydrogen) atoms. The summed E-state index contributed by atoms with van der Waals surface area (Å²) in [7, 11) is 1.31. The molecule has 0 amide bonds. The van der Waals surface area contributed by atoms with Gasteiger partial charge < -0.3 is 14.2 Å². The summed E-state index contributed by atoms with van der Waals surface area (Å²) in [6.07, 6.45) is 0. The predicted molar refractivity (Wildman–Crippen MR) is 107 cm³/mol. The van der Waals surface area contributed by atoms with Crippen LogP contribution >= 0.6 is 15.9 Å². The zero-order chi connectivity index (χ0) is 19.3. The maximum Gasteiger partial charge on any atom is 0.292 e. The van der Waals surface area contributed by atoms with Crippen LogP contribution in [0, 0.1) is 0 Å². The number of nitrogens with zero attached hydrogens (tertiary/aromatic N) is 1. The Bertz CT molecular complexity index is 813. The fourth-order valence-corrected chi connectivity index (χ4v) is 2.37. The Morgan fingerprint density at radius 1 is 0.852 bits per heavy atom. The van der Waals surface area contributed by atoms with Crippen LogP contribution in [0.1, 0.15) is 11.1 Å². The zero-order valence-electron chi connectivity index (χ0n) is 14.9. The van der Waals surface area contributed by atoms with E-state index in [1.165, 1.54) is 7.11 Å². The molecule has 0 spiro atoms. The first-order valence-corrected chi connectivity index (χ1v) is 8.98. The molecular weight excluding hydrogens is 410 g/mol. The van der Waals surface area contributed by atoms with Crippen LogP contribution in [0.5, 0.6) is 11.6 Å². The van der Waals surface area contributed by atoms with Gasteiger partial charge in [0.25, 0.3) is 12.4 Å². The van der Waals surface area contributed by atoms with Gasteiger partial charge in [-0.1, -0.05) is 60.7 Å². The number of pyridine rings is 1. The molecule has 3 rings (SSSR count). The lowest BCUT2D eigenvalue weighted by Gasteiger charge is -2.12. The zero-order valence-corrected chi connectivity index (χ0v) is 16.5. The minimum absolute atomic E-state index is 0.375. The van der Waals surface area contributed by atoms with Crippen molar-refractivity contribution in [2.45, 2.75) is 13.2 Å². The molecule has 140 valence electrons. The Labute approximate surface area is 167 Å². The molecule has 0 atom stereocenters. The Morgan fingerprint density at radius 3 is 1.89 bits per heavy atom. The number of rotatable bonds is 7. The van der Waals surface area contributed by atoms with Crippen molar-refractivity contribution >= 4 is 22.4 Å². The minimum Gasteiger partial charge on any atom is -0.483 e. The maximum atomic E-state index is 8.95. The van der Waals surface area contributed by atoms with Gasteiger partial charge in [0.2, 0.25) is 0 Å². The summed E-state index contributed by atoms with van der Waals surface area (Å²) in [6.45, 7) is 1.30. The van der Waals surface area contributed by atoms with Gasteiger partial charge in [-0.3, -0.25) is 4.79 Å². The molecule has 0 bridgehead atoms. The number of halogens is 1. The van der Waals surface area contributed by atoms with Crippen LogP contribution in [0.3, 0.4) is 0 Å². The third-order valence-corrected chi connectivity index (χ3v) is 3.78. The fourth-order valence-electron chi connectivity index (χ4n) is 2.08. The summed E-state index contributed by atoms with van der Waals surface area (Å²) in [5, 5.41) is 0. The summed E-state index contributed by atoms with van der Waals surface area (Å²) < 4.78 is 16.3. The first-order valence-electron chi connectivity index (χ1n) is 8.19. The van der Waals surface area contributed by atoms with Crippen molar-refractivity contribution in [3.05, 3.63) is 88.5 Å². The first kappa shape index (κ1) is 20.5. The van der Waals surface area contributed by atoms with Gasteiger partial charge in [-0.2, -0.15) is 0 Å². The average Bonchev–Trinajstić information content (AvgIpc) is 2.73. The normalized spacial score (nSPS) is 9.56. The van der Waals surface area contributed by atoms with E-state index >= 15 is 0 Å². The number of aromatic nitrogens is 1. The molecule has 2 aromatic carbocycles. The van der Waals surface area contributed by atoms with Crippen LogP contribution in [0.2, 0.25) is 0 Å². The van der Waals surface area contributed by atoms with E-state index in [1.807, 2.05) is 72.8 Å². The van der Waals surface area contributed by atoms with E-state index in [2.05, 4.69) is 25.7 Å². The second kappa shape index (κ2) is 11.7. The second-order valence-corrected chi connectivity index (χ2v) is 6.13. The van der Waals surface area contributed by atoms with Crippen molar-refractivity contribution in [3.63, 3.8) is 0 Å². The van der Waals surface area contributed by atoms with Crippen LogP contribution < -0.4 is 9.47 Å². The largest absolute Gasteiger partial charge is 0.483 e. The van der Waals surface area contributed by atoms with Gasteiger partial charge in [0, 0.05) is 0 Å². The number of hydrogen-bond donors (Lipinski definition) is 0. The van der Waals surface area contributed by atoms with Crippen molar-refractivity contribution in [3.8, 4) is 11.6 Å². The molecule has 0 unspecified atom stereocenters. The third-order valence-electron chi connectivity index (χ3n) is 3.34. The van der Waals surface area contributed by atoms with E-state index in [0.29, 0.717) is 35.9 Å². The van der Waals surface area contributed by atoms with Crippen LogP contribution in [-0.4, -0.2) is 18.6 Å². The molecule has 0 saturated carbocycles. The van der Waals surface area contributed by atoms with Crippen molar-refractivity contribution in [1.29, 1.82) is 0 Å². The van der Waals surface area contributed by atoms with Crippen LogP contribution in [0.25, 0.3) is 0 Å². The summed E-state index contributed by atoms with van der Waals surface area (Å²) in [6, 6.07) is 23.7. The van der Waals surface area contributed by atoms with Gasteiger partial charge in [0.1, 0.15) is 17.8 Å². The summed E-state index contributed by atoms with van der Waals surface area (Å²) in [4.78, 5) is 13.3. The lowest BCUT2D eigenvalue weighted by atomic mass is 10.2. The number of ether oxygens (including phenoxy) is 3. The molecular formula is C21H20BrNO4. The standard InChI is InChI=1S/C19H16BrNO2.C2H4O2/c20-18-12-11-17(22-13-15-7-3-1-4-8-15)19(21-18)23-14-16-9-5-2-6-10-16;1-4-2-3/h1-12H,13-14H2;2H,1H3. The van der Waals surface area contributed by atoms with Gasteiger partial charge in [0.15, 0.2) is 5.75 Å². The lowest BCUT2D eigenvalue weighted by Crippen LogP contribution is -2.02. The van der Waals surface area contributed by atoms with Crippen LogP contribution in [0.4, 0.5) is 0 Å². The molecule has 6 heteroatoms. The van der Waals surface area contributed by atoms with Crippen LogP contribution in [0.15, 0.2) is 77.4 Å². The van der Waals surface area contributed by atoms with E-state index in [4.69, 9.17) is 14.3 Å². The van der Waals surface area contributed by atoms with E-state index in [0.717, 1.165) is 11.1 Å². The van der Waals surface area contributed by atoms with Gasteiger partial charge in [-0.25, -0.2) is 4.98 Å². The highest BCUT2D eigenvalue weighted by Gasteiger charge is 2.09. The molecule has 0 aliphatic heterocycles. The Morgan fingerprint density at radius 2 is 1.37 bits per heavy atom. The number of carbonyl (C=O) groups is 1. The Balaban J connectivity index is 0.000000596. The van der Waals surface area contributed by atoms with Gasteiger partial charge in [0.05, 0.1) is 7.11 Å². The summed E-state index contributed by atoms with van der Waals surface area (Å²) in [5.74, 6) is 1.12. The van der Waals surface area contributed by atoms with E-state index in [-0.39, 0.29) is 0 Å². The number of methoxy groups -OCH3 is 1. The van der Waals surface area contributed by atoms with Crippen LogP contribution in [-0.2, 0) is 22.7 Å². The van der Waals surface area contributed by atoms with Gasteiger partial charge >= 0.3 is 0 Å².